The SMILES string of the molecule is CCCc1nc(N)c(C)c(Nc2cc(F)ccc2Cl)n1. The normalized spacial score (nSPS) is 10.6. The summed E-state index contributed by atoms with van der Waals surface area (Å²) >= 11 is 6.04. The Kier molecular flexibility index (Phi) is 4.39. The number of nitrogen functional groups attached to an aromatic ring is 1. The number of benzene rings is 1. The standard InChI is InChI=1S/C14H16ClFN4/c1-3-4-12-19-13(17)8(2)14(20-12)18-11-7-9(16)5-6-10(11)15/h5-7H,3-4H2,1-2H3,(H3,17,18,19,20). The monoisotopic (exact) mass is 294 g/mol. The fraction of sp³-hybridized carbons (Fsp3) is 0.286. The lowest BCUT2D eigenvalue weighted by Gasteiger charge is -2.13. The smallest absolute Gasteiger partial charge is 0.139 e. The third kappa shape index (κ3) is 3.17. The highest BCUT2D eigenvalue weighted by Gasteiger charge is 2.10. The zero-order chi connectivity index (χ0) is 14.7. The van der Waals surface area contributed by atoms with Crippen LogP contribution in [0.3, 0.4) is 0 Å². The van der Waals surface area contributed by atoms with E-state index in [0.29, 0.717) is 33.7 Å². The summed E-state index contributed by atoms with van der Waals surface area (Å²) in [6, 6.07) is 4.11. The molecule has 0 atom stereocenters. The second-order valence-electron chi connectivity index (χ2n) is 4.50. The fourth-order valence-corrected chi connectivity index (χ4v) is 1.92. The van der Waals surface area contributed by atoms with Gasteiger partial charge in [-0.25, -0.2) is 14.4 Å². The predicted octanol–water partition coefficient (Wildman–Crippen LogP) is 3.86. The molecule has 0 aliphatic carbocycles. The minimum atomic E-state index is -0.370. The first-order valence-electron chi connectivity index (χ1n) is 6.36. The minimum Gasteiger partial charge on any atom is -0.383 e. The summed E-state index contributed by atoms with van der Waals surface area (Å²) in [5.74, 6) is 1.25. The van der Waals surface area contributed by atoms with Crippen LogP contribution in [-0.2, 0) is 6.42 Å². The molecular formula is C14H16ClFN4. The van der Waals surface area contributed by atoms with Crippen molar-refractivity contribution in [1.82, 2.24) is 9.97 Å². The van der Waals surface area contributed by atoms with Crippen LogP contribution in [0.2, 0.25) is 5.02 Å². The average Bonchev–Trinajstić information content (AvgIpc) is 2.40. The van der Waals surface area contributed by atoms with E-state index >= 15 is 0 Å². The van der Waals surface area contributed by atoms with Crippen molar-refractivity contribution in [3.05, 3.63) is 40.4 Å². The number of nitrogens with one attached hydrogen (secondary N) is 1. The van der Waals surface area contributed by atoms with Gasteiger partial charge < -0.3 is 11.1 Å². The van der Waals surface area contributed by atoms with Crippen LogP contribution in [0.15, 0.2) is 18.2 Å². The van der Waals surface area contributed by atoms with Crippen LogP contribution < -0.4 is 11.1 Å². The Morgan fingerprint density at radius 2 is 2.10 bits per heavy atom. The molecular weight excluding hydrogens is 279 g/mol. The molecule has 0 bridgehead atoms. The fourth-order valence-electron chi connectivity index (χ4n) is 1.76. The minimum absolute atomic E-state index is 0.370. The Hall–Kier alpha value is -1.88. The van der Waals surface area contributed by atoms with Crippen molar-refractivity contribution in [2.75, 3.05) is 11.1 Å². The molecule has 106 valence electrons. The van der Waals surface area contributed by atoms with Crippen molar-refractivity contribution in [1.29, 1.82) is 0 Å². The number of aromatic nitrogens is 2. The first kappa shape index (κ1) is 14.5. The van der Waals surface area contributed by atoms with Crippen LogP contribution >= 0.6 is 11.6 Å². The summed E-state index contributed by atoms with van der Waals surface area (Å²) < 4.78 is 13.3. The number of nitrogens with two attached hydrogens (primary N) is 1. The molecule has 0 aliphatic heterocycles. The molecule has 0 unspecified atom stereocenters. The van der Waals surface area contributed by atoms with Gasteiger partial charge in [0.1, 0.15) is 23.3 Å². The molecule has 6 heteroatoms. The highest BCUT2D eigenvalue weighted by molar-refractivity contribution is 6.33. The van der Waals surface area contributed by atoms with Gasteiger partial charge in [-0.3, -0.25) is 0 Å². The molecule has 0 aliphatic rings. The van der Waals surface area contributed by atoms with Gasteiger partial charge in [0.15, 0.2) is 0 Å². The molecule has 0 amide bonds. The molecule has 0 saturated carbocycles. The van der Waals surface area contributed by atoms with Crippen LogP contribution in [0.5, 0.6) is 0 Å². The number of aryl methyl sites for hydroxylation is 1. The summed E-state index contributed by atoms with van der Waals surface area (Å²) in [6.45, 7) is 3.84. The Morgan fingerprint density at radius 1 is 1.35 bits per heavy atom. The molecule has 0 fully saturated rings. The molecule has 4 nitrogen and oxygen atoms in total. The molecule has 0 saturated heterocycles. The van der Waals surface area contributed by atoms with Crippen molar-refractivity contribution < 1.29 is 4.39 Å². The van der Waals surface area contributed by atoms with Crippen LogP contribution in [0, 0.1) is 12.7 Å². The lowest BCUT2D eigenvalue weighted by molar-refractivity contribution is 0.628. The molecule has 2 rings (SSSR count). The summed E-state index contributed by atoms with van der Waals surface area (Å²) in [4.78, 5) is 8.63. The molecule has 0 spiro atoms. The van der Waals surface area contributed by atoms with Crippen LogP contribution in [0.1, 0.15) is 24.7 Å². The van der Waals surface area contributed by atoms with Gasteiger partial charge in [-0.15, -0.1) is 0 Å². The van der Waals surface area contributed by atoms with E-state index < -0.39 is 0 Å². The maximum Gasteiger partial charge on any atom is 0.139 e. The zero-order valence-corrected chi connectivity index (χ0v) is 12.1. The maximum atomic E-state index is 13.3. The van der Waals surface area contributed by atoms with E-state index in [1.54, 1.807) is 6.92 Å². The van der Waals surface area contributed by atoms with Gasteiger partial charge in [0, 0.05) is 12.0 Å². The van der Waals surface area contributed by atoms with Crippen molar-refractivity contribution in [2.24, 2.45) is 0 Å². The van der Waals surface area contributed by atoms with Gasteiger partial charge in [0.2, 0.25) is 0 Å². The van der Waals surface area contributed by atoms with Gasteiger partial charge in [-0.2, -0.15) is 0 Å². The van der Waals surface area contributed by atoms with E-state index in [0.717, 1.165) is 12.8 Å². The van der Waals surface area contributed by atoms with E-state index in [1.165, 1.54) is 18.2 Å². The zero-order valence-electron chi connectivity index (χ0n) is 11.4. The molecule has 3 N–H and O–H groups in total. The Balaban J connectivity index is 2.39. The second-order valence-corrected chi connectivity index (χ2v) is 4.91. The van der Waals surface area contributed by atoms with Crippen LogP contribution in [0.25, 0.3) is 0 Å². The number of hydrogen-bond acceptors (Lipinski definition) is 4. The van der Waals surface area contributed by atoms with Crippen LogP contribution in [0.4, 0.5) is 21.7 Å². The maximum absolute atomic E-state index is 13.3. The molecule has 0 radical (unpaired) electrons. The third-order valence-electron chi connectivity index (χ3n) is 2.88. The first-order valence-corrected chi connectivity index (χ1v) is 6.74. The second kappa shape index (κ2) is 6.05. The van der Waals surface area contributed by atoms with Crippen molar-refractivity contribution in [2.45, 2.75) is 26.7 Å². The van der Waals surface area contributed by atoms with E-state index in [-0.39, 0.29) is 5.82 Å². The predicted molar refractivity (Wildman–Crippen MR) is 79.9 cm³/mol. The number of halogens is 2. The molecule has 1 aromatic heterocycles. The summed E-state index contributed by atoms with van der Waals surface area (Å²) in [7, 11) is 0. The Morgan fingerprint density at radius 3 is 2.80 bits per heavy atom. The Bertz CT molecular complexity index is 631. The lowest BCUT2D eigenvalue weighted by atomic mass is 10.2. The average molecular weight is 295 g/mol. The molecule has 1 aromatic carbocycles. The van der Waals surface area contributed by atoms with Gasteiger partial charge in [0.05, 0.1) is 10.7 Å². The van der Waals surface area contributed by atoms with E-state index in [2.05, 4.69) is 15.3 Å². The van der Waals surface area contributed by atoms with E-state index in [9.17, 15) is 4.39 Å². The van der Waals surface area contributed by atoms with E-state index in [4.69, 9.17) is 17.3 Å². The van der Waals surface area contributed by atoms with Crippen LogP contribution in [-0.4, -0.2) is 9.97 Å². The van der Waals surface area contributed by atoms with Gasteiger partial charge in [-0.05, 0) is 31.5 Å². The van der Waals surface area contributed by atoms with Gasteiger partial charge >= 0.3 is 0 Å². The van der Waals surface area contributed by atoms with Crippen molar-refractivity contribution in [3.63, 3.8) is 0 Å². The number of nitrogens with zero attached hydrogens (tertiary/aromatic N) is 2. The quantitative estimate of drug-likeness (QED) is 0.899. The number of anilines is 3. The first-order chi connectivity index (χ1) is 9.51. The van der Waals surface area contributed by atoms with Gasteiger partial charge in [0.25, 0.3) is 0 Å². The summed E-state index contributed by atoms with van der Waals surface area (Å²) in [5, 5.41) is 3.43. The highest BCUT2D eigenvalue weighted by atomic mass is 35.5. The third-order valence-corrected chi connectivity index (χ3v) is 3.21. The molecule has 20 heavy (non-hydrogen) atoms. The van der Waals surface area contributed by atoms with Crippen molar-refractivity contribution >= 4 is 28.9 Å². The largest absolute Gasteiger partial charge is 0.383 e. The van der Waals surface area contributed by atoms with Gasteiger partial charge in [-0.1, -0.05) is 18.5 Å². The summed E-state index contributed by atoms with van der Waals surface area (Å²) in [6.07, 6.45) is 1.65. The summed E-state index contributed by atoms with van der Waals surface area (Å²) in [5.41, 5.74) is 7.04. The number of rotatable bonds is 4. The topological polar surface area (TPSA) is 63.8 Å². The number of hydrogen-bond donors (Lipinski definition) is 2. The highest BCUT2D eigenvalue weighted by Crippen LogP contribution is 2.28. The lowest BCUT2D eigenvalue weighted by Crippen LogP contribution is -2.07. The molecule has 1 heterocycles. The van der Waals surface area contributed by atoms with Crippen molar-refractivity contribution in [3.8, 4) is 0 Å². The Labute approximate surface area is 122 Å². The van der Waals surface area contributed by atoms with E-state index in [1.807, 2.05) is 6.92 Å². The molecule has 2 aromatic rings.